The van der Waals surface area contributed by atoms with Crippen LogP contribution in [0.1, 0.15) is 31.9 Å². The van der Waals surface area contributed by atoms with Crippen LogP contribution in [0.15, 0.2) is 24.3 Å². The molecular formula is C12H18FNO. The molecule has 0 spiro atoms. The van der Waals surface area contributed by atoms with Crippen LogP contribution >= 0.6 is 0 Å². The van der Waals surface area contributed by atoms with E-state index in [1.807, 2.05) is 13.0 Å². The molecule has 0 saturated heterocycles. The van der Waals surface area contributed by atoms with Crippen molar-refractivity contribution >= 4 is 0 Å². The van der Waals surface area contributed by atoms with Crippen molar-refractivity contribution in [2.45, 2.75) is 32.4 Å². The van der Waals surface area contributed by atoms with E-state index in [0.29, 0.717) is 6.42 Å². The normalized spacial score (nSPS) is 14.9. The fourth-order valence-corrected chi connectivity index (χ4v) is 1.40. The van der Waals surface area contributed by atoms with Gasteiger partial charge in [0.1, 0.15) is 5.82 Å². The lowest BCUT2D eigenvalue weighted by Crippen LogP contribution is -2.22. The predicted molar refractivity (Wildman–Crippen MR) is 59.1 cm³/mol. The van der Waals surface area contributed by atoms with Gasteiger partial charge < -0.3 is 10.4 Å². The topological polar surface area (TPSA) is 32.3 Å². The van der Waals surface area contributed by atoms with Crippen LogP contribution in [0.3, 0.4) is 0 Å². The van der Waals surface area contributed by atoms with Crippen molar-refractivity contribution in [1.82, 2.24) is 5.32 Å². The van der Waals surface area contributed by atoms with Gasteiger partial charge in [-0.15, -0.1) is 0 Å². The Bertz CT molecular complexity index is 301. The summed E-state index contributed by atoms with van der Waals surface area (Å²) in [6.07, 6.45) is 0.414. The Morgan fingerprint density at radius 3 is 2.73 bits per heavy atom. The molecule has 0 heterocycles. The van der Waals surface area contributed by atoms with Gasteiger partial charge in [-0.3, -0.25) is 0 Å². The van der Waals surface area contributed by atoms with E-state index in [1.165, 1.54) is 12.1 Å². The summed E-state index contributed by atoms with van der Waals surface area (Å²) in [6.45, 7) is 4.47. The standard InChI is InChI=1S/C12H18FNO/c1-9(15)6-7-14-10(2)11-4-3-5-12(13)8-11/h3-5,8-10,14-15H,6-7H2,1-2H3/t9?,10-/m0/s1. The molecule has 3 heteroatoms. The molecule has 0 radical (unpaired) electrons. The minimum Gasteiger partial charge on any atom is -0.393 e. The van der Waals surface area contributed by atoms with Crippen LogP contribution in [0.5, 0.6) is 0 Å². The molecule has 1 aromatic rings. The van der Waals surface area contributed by atoms with E-state index in [1.54, 1.807) is 13.0 Å². The minimum atomic E-state index is -0.294. The van der Waals surface area contributed by atoms with Crippen molar-refractivity contribution in [1.29, 1.82) is 0 Å². The van der Waals surface area contributed by atoms with Gasteiger partial charge in [0.25, 0.3) is 0 Å². The van der Waals surface area contributed by atoms with E-state index >= 15 is 0 Å². The van der Waals surface area contributed by atoms with Crippen LogP contribution in [0.4, 0.5) is 4.39 Å². The number of benzene rings is 1. The van der Waals surface area contributed by atoms with Gasteiger partial charge in [-0.1, -0.05) is 12.1 Å². The van der Waals surface area contributed by atoms with Crippen molar-refractivity contribution in [3.05, 3.63) is 35.6 Å². The largest absolute Gasteiger partial charge is 0.393 e. The lowest BCUT2D eigenvalue weighted by atomic mass is 10.1. The molecule has 84 valence electrons. The van der Waals surface area contributed by atoms with Crippen LogP contribution in [0, 0.1) is 5.82 Å². The monoisotopic (exact) mass is 211 g/mol. The highest BCUT2D eigenvalue weighted by molar-refractivity contribution is 5.19. The van der Waals surface area contributed by atoms with Crippen LogP contribution in [0.25, 0.3) is 0 Å². The quantitative estimate of drug-likeness (QED) is 0.783. The molecule has 2 N–H and O–H groups in total. The van der Waals surface area contributed by atoms with Crippen LogP contribution in [-0.2, 0) is 0 Å². The van der Waals surface area contributed by atoms with E-state index < -0.39 is 0 Å². The Balaban J connectivity index is 2.43. The molecule has 2 nitrogen and oxygen atoms in total. The molecule has 0 amide bonds. The molecule has 1 aromatic carbocycles. The zero-order chi connectivity index (χ0) is 11.3. The van der Waals surface area contributed by atoms with E-state index in [9.17, 15) is 4.39 Å². The third kappa shape index (κ3) is 4.40. The van der Waals surface area contributed by atoms with Gasteiger partial charge in [-0.25, -0.2) is 4.39 Å². The molecule has 0 aliphatic rings. The maximum Gasteiger partial charge on any atom is 0.123 e. The fourth-order valence-electron chi connectivity index (χ4n) is 1.40. The highest BCUT2D eigenvalue weighted by Gasteiger charge is 2.05. The number of halogens is 1. The van der Waals surface area contributed by atoms with E-state index in [2.05, 4.69) is 5.32 Å². The van der Waals surface area contributed by atoms with E-state index in [4.69, 9.17) is 5.11 Å². The summed E-state index contributed by atoms with van der Waals surface area (Å²) in [5, 5.41) is 12.3. The summed E-state index contributed by atoms with van der Waals surface area (Å²) in [7, 11) is 0. The zero-order valence-corrected chi connectivity index (χ0v) is 9.20. The maximum absolute atomic E-state index is 12.9. The van der Waals surface area contributed by atoms with Crippen LogP contribution in [-0.4, -0.2) is 17.8 Å². The first-order valence-electron chi connectivity index (χ1n) is 5.26. The molecule has 0 aliphatic carbocycles. The predicted octanol–water partition coefficient (Wildman–Crippen LogP) is 2.25. The highest BCUT2D eigenvalue weighted by Crippen LogP contribution is 2.13. The number of hydrogen-bond donors (Lipinski definition) is 2. The first kappa shape index (κ1) is 12.1. The van der Waals surface area contributed by atoms with Crippen LogP contribution < -0.4 is 5.32 Å². The van der Waals surface area contributed by atoms with E-state index in [0.717, 1.165) is 12.1 Å². The van der Waals surface area contributed by atoms with Gasteiger partial charge in [0.2, 0.25) is 0 Å². The molecule has 0 saturated carbocycles. The molecular weight excluding hydrogens is 193 g/mol. The minimum absolute atomic E-state index is 0.111. The van der Waals surface area contributed by atoms with Crippen molar-refractivity contribution < 1.29 is 9.50 Å². The number of rotatable bonds is 5. The van der Waals surface area contributed by atoms with Gasteiger partial charge in [-0.2, -0.15) is 0 Å². The van der Waals surface area contributed by atoms with Gasteiger partial charge in [-0.05, 0) is 44.5 Å². The van der Waals surface area contributed by atoms with Gasteiger partial charge >= 0.3 is 0 Å². The number of nitrogens with one attached hydrogen (secondary N) is 1. The van der Waals surface area contributed by atoms with Crippen molar-refractivity contribution in [3.8, 4) is 0 Å². The van der Waals surface area contributed by atoms with E-state index in [-0.39, 0.29) is 18.0 Å². The number of aliphatic hydroxyl groups is 1. The number of aliphatic hydroxyl groups excluding tert-OH is 1. The Hall–Kier alpha value is -0.930. The second kappa shape index (κ2) is 5.83. The molecule has 1 rings (SSSR count). The molecule has 0 fully saturated rings. The Morgan fingerprint density at radius 1 is 1.40 bits per heavy atom. The highest BCUT2D eigenvalue weighted by atomic mass is 19.1. The SMILES string of the molecule is CC(O)CCN[C@@H](C)c1cccc(F)c1. The summed E-state index contributed by atoms with van der Waals surface area (Å²) >= 11 is 0. The molecule has 15 heavy (non-hydrogen) atoms. The lowest BCUT2D eigenvalue weighted by molar-refractivity contribution is 0.182. The Morgan fingerprint density at radius 2 is 2.13 bits per heavy atom. The average molecular weight is 211 g/mol. The molecule has 0 bridgehead atoms. The van der Waals surface area contributed by atoms with Gasteiger partial charge in [0.15, 0.2) is 0 Å². The molecule has 1 unspecified atom stereocenters. The zero-order valence-electron chi connectivity index (χ0n) is 9.20. The summed E-state index contributed by atoms with van der Waals surface area (Å²) < 4.78 is 12.9. The van der Waals surface area contributed by atoms with Crippen molar-refractivity contribution in [2.24, 2.45) is 0 Å². The Kier molecular flexibility index (Phi) is 4.72. The van der Waals surface area contributed by atoms with Gasteiger partial charge in [0.05, 0.1) is 6.10 Å². The fraction of sp³-hybridized carbons (Fsp3) is 0.500. The van der Waals surface area contributed by atoms with Gasteiger partial charge in [0, 0.05) is 6.04 Å². The number of hydrogen-bond acceptors (Lipinski definition) is 2. The summed E-state index contributed by atoms with van der Waals surface area (Å²) in [5.74, 6) is -0.211. The second-order valence-corrected chi connectivity index (χ2v) is 3.87. The molecule has 0 aliphatic heterocycles. The lowest BCUT2D eigenvalue weighted by Gasteiger charge is -2.14. The smallest absolute Gasteiger partial charge is 0.123 e. The maximum atomic E-state index is 12.9. The summed E-state index contributed by atoms with van der Waals surface area (Å²) in [6, 6.07) is 6.67. The van der Waals surface area contributed by atoms with Crippen molar-refractivity contribution in [3.63, 3.8) is 0 Å². The summed E-state index contributed by atoms with van der Waals surface area (Å²) in [5.41, 5.74) is 0.931. The van der Waals surface area contributed by atoms with Crippen LogP contribution in [0.2, 0.25) is 0 Å². The molecule has 2 atom stereocenters. The second-order valence-electron chi connectivity index (χ2n) is 3.87. The first-order chi connectivity index (χ1) is 7.09. The molecule has 0 aromatic heterocycles. The third-order valence-electron chi connectivity index (χ3n) is 2.36. The summed E-state index contributed by atoms with van der Waals surface area (Å²) in [4.78, 5) is 0. The average Bonchev–Trinajstić information content (AvgIpc) is 2.17. The Labute approximate surface area is 90.1 Å². The third-order valence-corrected chi connectivity index (χ3v) is 2.36. The first-order valence-corrected chi connectivity index (χ1v) is 5.26. The van der Waals surface area contributed by atoms with Crippen molar-refractivity contribution in [2.75, 3.05) is 6.54 Å².